The summed E-state index contributed by atoms with van der Waals surface area (Å²) in [6.45, 7) is 3.76. The van der Waals surface area contributed by atoms with Crippen LogP contribution in [0.1, 0.15) is 24.8 Å². The van der Waals surface area contributed by atoms with Crippen molar-refractivity contribution >= 4 is 34.3 Å². The molecular formula is C27H27N6S+. The van der Waals surface area contributed by atoms with Crippen molar-refractivity contribution < 1.29 is 4.59 Å². The van der Waals surface area contributed by atoms with Gasteiger partial charge in [0.25, 0.3) is 5.84 Å². The van der Waals surface area contributed by atoms with Crippen LogP contribution in [0, 0.1) is 11.8 Å². The fourth-order valence-corrected chi connectivity index (χ4v) is 6.26. The van der Waals surface area contributed by atoms with Crippen LogP contribution in [0.2, 0.25) is 0 Å². The van der Waals surface area contributed by atoms with Crippen LogP contribution >= 0.6 is 11.3 Å². The van der Waals surface area contributed by atoms with Crippen LogP contribution in [0.4, 0.5) is 0 Å². The summed E-state index contributed by atoms with van der Waals surface area (Å²) in [5.41, 5.74) is 5.09. The number of amidine groups is 1. The number of aromatic nitrogens is 1. The summed E-state index contributed by atoms with van der Waals surface area (Å²) in [4.78, 5) is 18.3. The fourth-order valence-electron chi connectivity index (χ4n) is 5.56. The highest BCUT2D eigenvalue weighted by atomic mass is 32.1. The molecule has 7 heteroatoms. The Kier molecular flexibility index (Phi) is 4.67. The lowest BCUT2D eigenvalue weighted by Crippen LogP contribution is -2.53. The molecule has 1 aliphatic carbocycles. The van der Waals surface area contributed by atoms with E-state index in [2.05, 4.69) is 57.7 Å². The number of aliphatic imine (C=N–C) groups is 2. The second-order valence-corrected chi connectivity index (χ2v) is 10.8. The number of pyridine rings is 1. The molecular weight excluding hydrogens is 440 g/mol. The predicted molar refractivity (Wildman–Crippen MR) is 138 cm³/mol. The first-order chi connectivity index (χ1) is 16.7. The first-order valence-electron chi connectivity index (χ1n) is 12.1. The van der Waals surface area contributed by atoms with E-state index in [9.17, 15) is 0 Å². The number of fused-ring (bicyclic) bond motifs is 2. The summed E-state index contributed by atoms with van der Waals surface area (Å²) >= 11 is 1.71. The molecule has 34 heavy (non-hydrogen) atoms. The number of nitrogens with two attached hydrogens (primary N) is 1. The van der Waals surface area contributed by atoms with Gasteiger partial charge in [-0.25, -0.2) is 4.98 Å². The average Bonchev–Trinajstić information content (AvgIpc) is 3.43. The Bertz CT molecular complexity index is 1390. The van der Waals surface area contributed by atoms with E-state index < -0.39 is 0 Å². The number of rotatable bonds is 5. The Balaban J connectivity index is 1.23. The third kappa shape index (κ3) is 3.23. The van der Waals surface area contributed by atoms with Crippen LogP contribution < -0.4 is 5.84 Å². The molecule has 7 rings (SSSR count). The van der Waals surface area contributed by atoms with Gasteiger partial charge in [-0.2, -0.15) is 10.8 Å². The zero-order valence-corrected chi connectivity index (χ0v) is 19.8. The highest BCUT2D eigenvalue weighted by molar-refractivity contribution is 7.13. The lowest BCUT2D eigenvalue weighted by atomic mass is 9.72. The monoisotopic (exact) mass is 467 g/mol. The molecule has 3 aliphatic heterocycles. The molecule has 1 atom stereocenters. The molecule has 1 unspecified atom stereocenters. The smallest absolute Gasteiger partial charge is 0.264 e. The topological polar surface area (TPSA) is 66.9 Å². The van der Waals surface area contributed by atoms with E-state index in [1.54, 1.807) is 17.5 Å². The van der Waals surface area contributed by atoms with Crippen LogP contribution in [0.3, 0.4) is 0 Å². The molecule has 4 aliphatic rings. The lowest BCUT2D eigenvalue weighted by molar-refractivity contribution is -0.750. The molecule has 1 saturated carbocycles. The van der Waals surface area contributed by atoms with Gasteiger partial charge in [0.1, 0.15) is 11.9 Å². The van der Waals surface area contributed by atoms with Crippen LogP contribution in [0.5, 0.6) is 0 Å². The molecule has 1 aromatic carbocycles. The Morgan fingerprint density at radius 1 is 1.12 bits per heavy atom. The van der Waals surface area contributed by atoms with Gasteiger partial charge in [0.15, 0.2) is 0 Å². The summed E-state index contributed by atoms with van der Waals surface area (Å²) in [5, 5.41) is 3.20. The van der Waals surface area contributed by atoms with E-state index >= 15 is 0 Å². The molecule has 0 radical (unpaired) electrons. The van der Waals surface area contributed by atoms with Crippen molar-refractivity contribution in [3.8, 4) is 10.6 Å². The minimum atomic E-state index is 0.0856. The van der Waals surface area contributed by atoms with Crippen LogP contribution in [0.25, 0.3) is 21.5 Å². The zero-order chi connectivity index (χ0) is 22.7. The fraction of sp³-hybridized carbons (Fsp3) is 0.296. The van der Waals surface area contributed by atoms with Gasteiger partial charge in [0, 0.05) is 17.8 Å². The van der Waals surface area contributed by atoms with E-state index in [4.69, 9.17) is 15.8 Å². The second-order valence-electron chi connectivity index (χ2n) is 9.83. The average molecular weight is 468 g/mol. The van der Waals surface area contributed by atoms with Crippen molar-refractivity contribution in [3.05, 3.63) is 77.2 Å². The number of quaternary nitrogens is 1. The maximum Gasteiger partial charge on any atom is 0.264 e. The Labute approximate surface area is 203 Å². The number of hydrogen-bond acceptors (Lipinski definition) is 6. The quantitative estimate of drug-likeness (QED) is 0.428. The van der Waals surface area contributed by atoms with Crippen LogP contribution in [-0.2, 0) is 0 Å². The summed E-state index contributed by atoms with van der Waals surface area (Å²) in [6.07, 6.45) is 9.36. The molecule has 2 N–H and O–H groups in total. The van der Waals surface area contributed by atoms with Crippen LogP contribution in [-0.4, -0.2) is 46.2 Å². The van der Waals surface area contributed by atoms with Crippen molar-refractivity contribution in [2.24, 2.45) is 27.7 Å². The highest BCUT2D eigenvalue weighted by Crippen LogP contribution is 2.45. The number of nitrogens with zero attached hydrogens (tertiary/aromatic N) is 5. The van der Waals surface area contributed by atoms with Gasteiger partial charge in [-0.05, 0) is 67.9 Å². The molecule has 1 saturated heterocycles. The molecule has 0 bridgehead atoms. The van der Waals surface area contributed by atoms with Gasteiger partial charge >= 0.3 is 0 Å². The number of hydrogen-bond donors (Lipinski definition) is 1. The highest BCUT2D eigenvalue weighted by Gasteiger charge is 2.48. The van der Waals surface area contributed by atoms with Crippen molar-refractivity contribution in [3.63, 3.8) is 0 Å². The van der Waals surface area contributed by atoms with E-state index in [0.717, 1.165) is 45.3 Å². The van der Waals surface area contributed by atoms with Crippen molar-refractivity contribution in [1.29, 1.82) is 0 Å². The molecule has 170 valence electrons. The summed E-state index contributed by atoms with van der Waals surface area (Å²) < 4.78 is 0.0856. The number of benzene rings is 1. The molecule has 2 fully saturated rings. The molecule has 5 heterocycles. The van der Waals surface area contributed by atoms with Crippen molar-refractivity contribution in [2.45, 2.75) is 19.3 Å². The van der Waals surface area contributed by atoms with Crippen molar-refractivity contribution in [1.82, 2.24) is 9.88 Å². The summed E-state index contributed by atoms with van der Waals surface area (Å²) in [7, 11) is 0. The lowest BCUT2D eigenvalue weighted by Gasteiger charge is -2.41. The Morgan fingerprint density at radius 2 is 2.00 bits per heavy atom. The Morgan fingerprint density at radius 3 is 2.79 bits per heavy atom. The molecule has 0 amide bonds. The summed E-state index contributed by atoms with van der Waals surface area (Å²) in [6, 6.07) is 14.8. The van der Waals surface area contributed by atoms with Crippen LogP contribution in [0.15, 0.2) is 81.6 Å². The van der Waals surface area contributed by atoms with Gasteiger partial charge in [-0.3, -0.25) is 4.99 Å². The second kappa shape index (κ2) is 7.78. The zero-order valence-electron chi connectivity index (χ0n) is 19.0. The molecule has 3 aromatic rings. The number of likely N-dealkylation sites (tertiary alicyclic amines) is 1. The van der Waals surface area contributed by atoms with Gasteiger partial charge in [-0.15, -0.1) is 15.9 Å². The largest absolute Gasteiger partial charge is 0.303 e. The van der Waals surface area contributed by atoms with Gasteiger partial charge in [0.2, 0.25) is 5.70 Å². The first-order valence-corrected chi connectivity index (χ1v) is 12.9. The van der Waals surface area contributed by atoms with E-state index in [1.807, 2.05) is 12.4 Å². The summed E-state index contributed by atoms with van der Waals surface area (Å²) in [5.74, 6) is 9.07. The maximum absolute atomic E-state index is 6.99. The molecule has 0 spiro atoms. The first kappa shape index (κ1) is 20.4. The SMILES string of the molecule is N[N+]12C=CN=CC1=C(C1CC(CN3CCC3)C1)N=C2c1ccc2ccc(-c3cccs3)nc2c1. The normalized spacial score (nSPS) is 28.1. The predicted octanol–water partition coefficient (Wildman–Crippen LogP) is 4.91. The van der Waals surface area contributed by atoms with E-state index in [0.29, 0.717) is 5.92 Å². The third-order valence-corrected chi connectivity index (χ3v) is 8.53. The standard InChI is InChI=1S/C27H27N6S/c28-33-11-8-29-16-24(33)26(21-13-18(14-21)17-32-9-2-10-32)31-27(33)20-5-4-19-6-7-22(30-23(19)15-20)25-3-1-12-34-25/h1,3-8,11-12,15-16,18,21H,2,9-10,13-14,17,28H2/q+1. The van der Waals surface area contributed by atoms with Gasteiger partial charge in [0.05, 0.1) is 34.1 Å². The number of thiophene rings is 1. The molecule has 2 aromatic heterocycles. The van der Waals surface area contributed by atoms with E-state index in [1.165, 1.54) is 43.8 Å². The Hall–Kier alpha value is -2.97. The maximum atomic E-state index is 6.99. The third-order valence-electron chi connectivity index (χ3n) is 7.63. The minimum absolute atomic E-state index is 0.0856. The molecule has 6 nitrogen and oxygen atoms in total. The van der Waals surface area contributed by atoms with Gasteiger partial charge in [-0.1, -0.05) is 18.2 Å². The minimum Gasteiger partial charge on any atom is -0.303 e. The van der Waals surface area contributed by atoms with Crippen molar-refractivity contribution in [2.75, 3.05) is 19.6 Å². The van der Waals surface area contributed by atoms with E-state index in [-0.39, 0.29) is 4.59 Å². The number of allylic oxidation sites excluding steroid dienone is 2. The van der Waals surface area contributed by atoms with Gasteiger partial charge < -0.3 is 4.90 Å².